The van der Waals surface area contributed by atoms with Crippen LogP contribution in [0.5, 0.6) is 11.5 Å². The maximum Gasteiger partial charge on any atom is 0.251 e. The van der Waals surface area contributed by atoms with E-state index in [9.17, 15) is 9.18 Å². The van der Waals surface area contributed by atoms with E-state index >= 15 is 0 Å². The molecule has 1 unspecified atom stereocenters. The van der Waals surface area contributed by atoms with Crippen molar-refractivity contribution in [3.63, 3.8) is 0 Å². The summed E-state index contributed by atoms with van der Waals surface area (Å²) in [4.78, 5) is 23.4. The molecule has 0 saturated carbocycles. The molecule has 9 nitrogen and oxygen atoms in total. The highest BCUT2D eigenvalue weighted by molar-refractivity contribution is 5.80. The standard InChI is InChI=1S/C25H28FN5O4/c1-33-22-14-30(5-4-18(22)28-9-16-8-20-21(11-27-16)35-7-6-34-20)12-15-13-31-23(32)3-2-19-25(31)24(15)17(26)10-29-19/h2-3,8,10-11,15,18,22,28H,4-7,9,12-14H2,1H3/t15?,18-,22+/m0/s1. The fourth-order valence-corrected chi connectivity index (χ4v) is 5.55. The smallest absolute Gasteiger partial charge is 0.251 e. The number of piperidine rings is 1. The lowest BCUT2D eigenvalue weighted by Crippen LogP contribution is -2.54. The molecule has 0 aromatic carbocycles. The van der Waals surface area contributed by atoms with E-state index in [0.29, 0.717) is 55.2 Å². The number of halogens is 1. The predicted molar refractivity (Wildman–Crippen MR) is 126 cm³/mol. The Morgan fingerprint density at radius 1 is 1.17 bits per heavy atom. The average Bonchev–Trinajstić information content (AvgIpc) is 3.27. The van der Waals surface area contributed by atoms with Gasteiger partial charge in [0.2, 0.25) is 0 Å². The van der Waals surface area contributed by atoms with Gasteiger partial charge in [-0.1, -0.05) is 0 Å². The van der Waals surface area contributed by atoms with Crippen LogP contribution in [0.3, 0.4) is 0 Å². The van der Waals surface area contributed by atoms with Crippen LogP contribution in [0, 0.1) is 5.82 Å². The lowest BCUT2D eigenvalue weighted by Gasteiger charge is -2.39. The third kappa shape index (κ3) is 4.15. The molecule has 3 aromatic rings. The number of rotatable bonds is 6. The van der Waals surface area contributed by atoms with Gasteiger partial charge in [0.1, 0.15) is 19.0 Å². The van der Waals surface area contributed by atoms with Gasteiger partial charge in [0, 0.05) is 62.9 Å². The lowest BCUT2D eigenvalue weighted by molar-refractivity contribution is 0.00323. The number of nitrogens with one attached hydrogen (secondary N) is 1. The first-order valence-electron chi connectivity index (χ1n) is 12.0. The third-order valence-electron chi connectivity index (χ3n) is 7.26. The van der Waals surface area contributed by atoms with Gasteiger partial charge in [-0.15, -0.1) is 0 Å². The topological polar surface area (TPSA) is 90.7 Å². The number of aromatic nitrogens is 3. The van der Waals surface area contributed by atoms with E-state index in [0.717, 1.165) is 31.0 Å². The fraction of sp³-hybridized carbons (Fsp3) is 0.480. The molecule has 1 saturated heterocycles. The monoisotopic (exact) mass is 481 g/mol. The molecule has 3 aromatic heterocycles. The van der Waals surface area contributed by atoms with Crippen molar-refractivity contribution in [1.82, 2.24) is 24.8 Å². The largest absolute Gasteiger partial charge is 0.486 e. The number of methoxy groups -OCH3 is 1. The van der Waals surface area contributed by atoms with Gasteiger partial charge in [0.05, 0.1) is 35.2 Å². The average molecular weight is 482 g/mol. The van der Waals surface area contributed by atoms with E-state index in [-0.39, 0.29) is 29.4 Å². The van der Waals surface area contributed by atoms with Crippen molar-refractivity contribution < 1.29 is 18.6 Å². The maximum absolute atomic E-state index is 14.8. The van der Waals surface area contributed by atoms with Crippen molar-refractivity contribution >= 4 is 11.0 Å². The van der Waals surface area contributed by atoms with Crippen LogP contribution in [0.2, 0.25) is 0 Å². The molecule has 1 fully saturated rings. The Morgan fingerprint density at radius 2 is 2.03 bits per heavy atom. The molecule has 0 aliphatic carbocycles. The Kier molecular flexibility index (Phi) is 5.87. The summed E-state index contributed by atoms with van der Waals surface area (Å²) in [6.45, 7) is 4.39. The highest BCUT2D eigenvalue weighted by Crippen LogP contribution is 2.35. The van der Waals surface area contributed by atoms with E-state index in [1.807, 2.05) is 6.07 Å². The molecule has 35 heavy (non-hydrogen) atoms. The first kappa shape index (κ1) is 22.4. The molecular weight excluding hydrogens is 453 g/mol. The summed E-state index contributed by atoms with van der Waals surface area (Å²) in [5.41, 5.74) is 2.67. The van der Waals surface area contributed by atoms with Gasteiger partial charge in [0.25, 0.3) is 5.56 Å². The molecule has 0 spiro atoms. The number of fused-ring (bicyclic) bond motifs is 1. The number of likely N-dealkylation sites (tertiary alicyclic amines) is 1. The molecule has 0 bridgehead atoms. The van der Waals surface area contributed by atoms with E-state index < -0.39 is 0 Å². The van der Waals surface area contributed by atoms with E-state index in [1.54, 1.807) is 23.9 Å². The summed E-state index contributed by atoms with van der Waals surface area (Å²) in [5, 5.41) is 3.58. The lowest BCUT2D eigenvalue weighted by atomic mass is 9.96. The van der Waals surface area contributed by atoms with E-state index in [4.69, 9.17) is 14.2 Å². The maximum atomic E-state index is 14.8. The van der Waals surface area contributed by atoms with Gasteiger partial charge >= 0.3 is 0 Å². The Labute approximate surface area is 201 Å². The second-order valence-corrected chi connectivity index (χ2v) is 9.36. The van der Waals surface area contributed by atoms with Crippen molar-refractivity contribution in [2.45, 2.75) is 37.6 Å². The molecule has 6 heterocycles. The van der Waals surface area contributed by atoms with Crippen molar-refractivity contribution in [1.29, 1.82) is 0 Å². The summed E-state index contributed by atoms with van der Waals surface area (Å²) in [6, 6.07) is 5.27. The van der Waals surface area contributed by atoms with Gasteiger partial charge in [-0.25, -0.2) is 4.39 Å². The molecule has 3 atom stereocenters. The predicted octanol–water partition coefficient (Wildman–Crippen LogP) is 1.68. The first-order chi connectivity index (χ1) is 17.1. The number of hydrogen-bond acceptors (Lipinski definition) is 8. The van der Waals surface area contributed by atoms with Crippen molar-refractivity contribution in [3.05, 3.63) is 58.0 Å². The highest BCUT2D eigenvalue weighted by Gasteiger charge is 2.34. The van der Waals surface area contributed by atoms with E-state index in [2.05, 4.69) is 20.2 Å². The minimum absolute atomic E-state index is 0.0187. The Balaban J connectivity index is 1.11. The van der Waals surface area contributed by atoms with Crippen molar-refractivity contribution in [2.75, 3.05) is 40.0 Å². The Bertz CT molecular complexity index is 1310. The second kappa shape index (κ2) is 9.18. The van der Waals surface area contributed by atoms with Gasteiger partial charge in [-0.05, 0) is 19.0 Å². The Morgan fingerprint density at radius 3 is 2.89 bits per heavy atom. The van der Waals surface area contributed by atoms with Gasteiger partial charge in [0.15, 0.2) is 11.5 Å². The van der Waals surface area contributed by atoms with Crippen LogP contribution in [0.15, 0.2) is 35.4 Å². The van der Waals surface area contributed by atoms with Crippen LogP contribution in [0.1, 0.15) is 23.6 Å². The molecule has 6 rings (SSSR count). The zero-order chi connectivity index (χ0) is 23.9. The fourth-order valence-electron chi connectivity index (χ4n) is 5.55. The summed E-state index contributed by atoms with van der Waals surface area (Å²) in [6.07, 6.45) is 3.85. The van der Waals surface area contributed by atoms with Crippen LogP contribution in [0.25, 0.3) is 11.0 Å². The van der Waals surface area contributed by atoms with Crippen molar-refractivity contribution in [2.24, 2.45) is 0 Å². The molecule has 1 N–H and O–H groups in total. The third-order valence-corrected chi connectivity index (χ3v) is 7.26. The normalized spacial score (nSPS) is 23.7. The van der Waals surface area contributed by atoms with Crippen LogP contribution >= 0.6 is 0 Å². The van der Waals surface area contributed by atoms with Crippen LogP contribution < -0.4 is 20.3 Å². The van der Waals surface area contributed by atoms with Crippen LogP contribution in [-0.4, -0.2) is 71.5 Å². The number of ether oxygens (including phenoxy) is 3. The van der Waals surface area contributed by atoms with Gasteiger partial charge in [-0.3, -0.25) is 19.7 Å². The first-order valence-corrected chi connectivity index (χ1v) is 12.0. The Hall–Kier alpha value is -3.08. The minimum Gasteiger partial charge on any atom is -0.486 e. The zero-order valence-electron chi connectivity index (χ0n) is 19.6. The molecule has 3 aliphatic heterocycles. The molecule has 0 amide bonds. The summed E-state index contributed by atoms with van der Waals surface area (Å²) >= 11 is 0. The number of pyridine rings is 3. The zero-order valence-corrected chi connectivity index (χ0v) is 19.6. The second-order valence-electron chi connectivity index (χ2n) is 9.36. The van der Waals surface area contributed by atoms with Gasteiger partial charge < -0.3 is 24.1 Å². The number of nitrogens with zero attached hydrogens (tertiary/aromatic N) is 4. The molecule has 10 heteroatoms. The molecule has 184 valence electrons. The molecular formula is C25H28FN5O4. The molecule has 3 aliphatic rings. The number of hydrogen-bond donors (Lipinski definition) is 1. The summed E-state index contributed by atoms with van der Waals surface area (Å²) < 4.78 is 33.5. The highest BCUT2D eigenvalue weighted by atomic mass is 19.1. The van der Waals surface area contributed by atoms with Crippen LogP contribution in [-0.2, 0) is 17.8 Å². The SMILES string of the molecule is CO[C@@H]1CN(CC2Cn3c(=O)ccc4ncc(F)c2c43)CC[C@@H]1NCc1cc2c(cn1)OCCO2. The van der Waals surface area contributed by atoms with Gasteiger partial charge in [-0.2, -0.15) is 0 Å². The van der Waals surface area contributed by atoms with Crippen molar-refractivity contribution in [3.8, 4) is 11.5 Å². The van der Waals surface area contributed by atoms with Crippen LogP contribution in [0.4, 0.5) is 4.39 Å². The molecule has 0 radical (unpaired) electrons. The minimum atomic E-state index is -0.342. The quantitative estimate of drug-likeness (QED) is 0.569. The summed E-state index contributed by atoms with van der Waals surface area (Å²) in [7, 11) is 1.72. The summed E-state index contributed by atoms with van der Waals surface area (Å²) in [5.74, 6) is 0.975. The van der Waals surface area contributed by atoms with E-state index in [1.165, 1.54) is 12.3 Å².